The van der Waals surface area contributed by atoms with Crippen molar-refractivity contribution in [2.75, 3.05) is 5.33 Å². The Morgan fingerprint density at radius 3 is 2.59 bits per heavy atom. The van der Waals surface area contributed by atoms with Gasteiger partial charge in [-0.3, -0.25) is 9.20 Å². The maximum atomic E-state index is 12.3. The highest BCUT2D eigenvalue weighted by Crippen LogP contribution is 2.19. The molecular weight excluding hydrogens is 368 g/mol. The van der Waals surface area contributed by atoms with Crippen LogP contribution in [0, 0.1) is 20.8 Å². The predicted octanol–water partition coefficient (Wildman–Crippen LogP) is 3.20. The summed E-state index contributed by atoms with van der Waals surface area (Å²) in [6, 6.07) is 0. The second-order valence-electron chi connectivity index (χ2n) is 3.78. The van der Waals surface area contributed by atoms with Gasteiger partial charge in [0.05, 0.1) is 0 Å². The molecule has 0 aromatic carbocycles. The van der Waals surface area contributed by atoms with Gasteiger partial charge in [-0.25, -0.2) is 4.98 Å². The Kier molecular flexibility index (Phi) is 4.92. The minimum Gasteiger partial charge on any atom is -0.269 e. The molecule has 0 aliphatic carbocycles. The molecule has 17 heavy (non-hydrogen) atoms. The number of nitrogens with zero attached hydrogens (tertiary/aromatic N) is 2. The lowest BCUT2D eigenvalue weighted by atomic mass is 10.2. The number of hydrogen-bond donors (Lipinski definition) is 0. The highest BCUT2D eigenvalue weighted by atomic mass is 79.9. The summed E-state index contributed by atoms with van der Waals surface area (Å²) in [5.74, 6) is 0. The van der Waals surface area contributed by atoms with Gasteiger partial charge in [0.25, 0.3) is 5.56 Å². The van der Waals surface area contributed by atoms with Crippen LogP contribution in [0.5, 0.6) is 0 Å². The van der Waals surface area contributed by atoms with Crippen molar-refractivity contribution in [1.29, 1.82) is 0 Å². The fraction of sp³-hybridized carbons (Fsp3) is 0.455. The summed E-state index contributed by atoms with van der Waals surface area (Å²) in [5, 5.41) is 0.791. The first-order chi connectivity index (χ1) is 7.56. The van der Waals surface area contributed by atoms with Crippen molar-refractivity contribution in [3.8, 4) is 0 Å². The van der Waals surface area contributed by atoms with Crippen LogP contribution >= 0.6 is 44.2 Å². The minimum atomic E-state index is 0. The van der Waals surface area contributed by atoms with Crippen molar-refractivity contribution in [2.45, 2.75) is 27.2 Å². The van der Waals surface area contributed by atoms with E-state index in [1.54, 1.807) is 15.7 Å². The maximum absolute atomic E-state index is 12.3. The topological polar surface area (TPSA) is 34.4 Å². The van der Waals surface area contributed by atoms with E-state index >= 15 is 0 Å². The third kappa shape index (κ3) is 2.48. The van der Waals surface area contributed by atoms with Gasteiger partial charge >= 0.3 is 0 Å². The zero-order valence-corrected chi connectivity index (χ0v) is 14.0. The van der Waals surface area contributed by atoms with Crippen LogP contribution in [0.3, 0.4) is 0 Å². The van der Waals surface area contributed by atoms with Gasteiger partial charge in [-0.1, -0.05) is 15.9 Å². The Balaban J connectivity index is 0.00000144. The molecule has 0 fully saturated rings. The van der Waals surface area contributed by atoms with E-state index in [1.807, 2.05) is 20.8 Å². The summed E-state index contributed by atoms with van der Waals surface area (Å²) >= 11 is 4.94. The summed E-state index contributed by atoms with van der Waals surface area (Å²) in [6.07, 6.45) is 0.731. The molecule has 0 saturated heterocycles. The van der Waals surface area contributed by atoms with Gasteiger partial charge in [-0.2, -0.15) is 0 Å². The molecule has 0 radical (unpaired) electrons. The van der Waals surface area contributed by atoms with Crippen LogP contribution < -0.4 is 5.56 Å². The Morgan fingerprint density at radius 1 is 1.35 bits per heavy atom. The Morgan fingerprint density at radius 2 is 2.00 bits per heavy atom. The van der Waals surface area contributed by atoms with Gasteiger partial charge in [0.2, 0.25) is 0 Å². The van der Waals surface area contributed by atoms with Gasteiger partial charge in [-0.05, 0) is 27.2 Å². The SMILES string of the molecule is Br.Cc1nc2sc(C)c(C)n2c(=O)c1CCBr. The Bertz CT molecular complexity index is 604. The summed E-state index contributed by atoms with van der Waals surface area (Å²) in [7, 11) is 0. The quantitative estimate of drug-likeness (QED) is 0.748. The number of fused-ring (bicyclic) bond motifs is 1. The molecule has 0 unspecified atom stereocenters. The summed E-state index contributed by atoms with van der Waals surface area (Å²) < 4.78 is 1.73. The van der Waals surface area contributed by atoms with Crippen molar-refractivity contribution in [2.24, 2.45) is 0 Å². The molecule has 94 valence electrons. The van der Waals surface area contributed by atoms with E-state index in [1.165, 1.54) is 0 Å². The molecule has 0 atom stereocenters. The van der Waals surface area contributed by atoms with Gasteiger partial charge in [0, 0.05) is 27.2 Å². The second kappa shape index (κ2) is 5.63. The fourth-order valence-corrected chi connectivity index (χ4v) is 3.16. The highest BCUT2D eigenvalue weighted by molar-refractivity contribution is 9.09. The number of thiazole rings is 1. The zero-order valence-electron chi connectivity index (χ0n) is 9.91. The lowest BCUT2D eigenvalue weighted by Crippen LogP contribution is -2.21. The Hall–Kier alpha value is -0.200. The molecule has 6 heteroatoms. The lowest BCUT2D eigenvalue weighted by Gasteiger charge is -2.04. The van der Waals surface area contributed by atoms with Crippen molar-refractivity contribution < 1.29 is 0 Å². The molecule has 2 heterocycles. The van der Waals surface area contributed by atoms with Crippen molar-refractivity contribution >= 4 is 49.2 Å². The predicted molar refractivity (Wildman–Crippen MR) is 81.4 cm³/mol. The van der Waals surface area contributed by atoms with E-state index in [2.05, 4.69) is 20.9 Å². The average molecular weight is 382 g/mol. The van der Waals surface area contributed by atoms with E-state index in [4.69, 9.17) is 0 Å². The third-order valence-electron chi connectivity index (χ3n) is 2.79. The Labute approximate surface area is 123 Å². The van der Waals surface area contributed by atoms with Crippen LogP contribution in [-0.2, 0) is 6.42 Å². The minimum absolute atomic E-state index is 0. The van der Waals surface area contributed by atoms with E-state index in [0.717, 1.165) is 38.5 Å². The van der Waals surface area contributed by atoms with Crippen molar-refractivity contribution in [3.05, 3.63) is 32.2 Å². The second-order valence-corrected chi connectivity index (χ2v) is 5.76. The number of hydrogen-bond acceptors (Lipinski definition) is 3. The van der Waals surface area contributed by atoms with E-state index in [0.29, 0.717) is 0 Å². The van der Waals surface area contributed by atoms with Gasteiger partial charge in [0.1, 0.15) is 0 Å². The van der Waals surface area contributed by atoms with Crippen LogP contribution in [0.1, 0.15) is 21.8 Å². The first kappa shape index (κ1) is 14.9. The molecule has 0 saturated carbocycles. The molecule has 0 bridgehead atoms. The molecule has 2 rings (SSSR count). The van der Waals surface area contributed by atoms with Crippen LogP contribution in [0.25, 0.3) is 4.96 Å². The fourth-order valence-electron chi connectivity index (χ4n) is 1.75. The monoisotopic (exact) mass is 380 g/mol. The van der Waals surface area contributed by atoms with Gasteiger partial charge in [-0.15, -0.1) is 28.3 Å². The molecule has 0 aliphatic heterocycles. The summed E-state index contributed by atoms with van der Waals surface area (Å²) in [6.45, 7) is 5.90. The molecule has 2 aromatic heterocycles. The standard InChI is InChI=1S/C11H13BrN2OS.BrH/c1-6-9(4-5-12)10(15)14-7(2)8(3)16-11(14)13-6;/h4-5H2,1-3H3;1H. The maximum Gasteiger partial charge on any atom is 0.262 e. The molecular formula is C11H14Br2N2OS. The number of aryl methyl sites for hydroxylation is 3. The van der Waals surface area contributed by atoms with E-state index in [-0.39, 0.29) is 22.5 Å². The third-order valence-corrected chi connectivity index (χ3v) is 4.24. The first-order valence-electron chi connectivity index (χ1n) is 5.10. The number of aromatic nitrogens is 2. The smallest absolute Gasteiger partial charge is 0.262 e. The highest BCUT2D eigenvalue weighted by Gasteiger charge is 2.13. The largest absolute Gasteiger partial charge is 0.269 e. The number of alkyl halides is 1. The number of rotatable bonds is 2. The van der Waals surface area contributed by atoms with Gasteiger partial charge < -0.3 is 0 Å². The van der Waals surface area contributed by atoms with Crippen LogP contribution in [-0.4, -0.2) is 14.7 Å². The van der Waals surface area contributed by atoms with Crippen LogP contribution in [0.4, 0.5) is 0 Å². The molecule has 0 aliphatic rings. The molecule has 0 N–H and O–H groups in total. The normalized spacial score (nSPS) is 10.6. The van der Waals surface area contributed by atoms with Crippen molar-refractivity contribution in [1.82, 2.24) is 9.38 Å². The summed E-state index contributed by atoms with van der Waals surface area (Å²) in [4.78, 5) is 18.7. The van der Waals surface area contributed by atoms with Crippen LogP contribution in [0.15, 0.2) is 4.79 Å². The zero-order chi connectivity index (χ0) is 11.9. The summed E-state index contributed by atoms with van der Waals surface area (Å²) in [5.41, 5.74) is 2.76. The lowest BCUT2D eigenvalue weighted by molar-refractivity contribution is 0.931. The molecule has 0 spiro atoms. The van der Waals surface area contributed by atoms with Gasteiger partial charge in [0.15, 0.2) is 4.96 Å². The van der Waals surface area contributed by atoms with Crippen molar-refractivity contribution in [3.63, 3.8) is 0 Å². The average Bonchev–Trinajstić information content (AvgIpc) is 2.49. The number of halogens is 2. The molecule has 0 amide bonds. The molecule has 3 nitrogen and oxygen atoms in total. The molecule has 2 aromatic rings. The van der Waals surface area contributed by atoms with E-state index in [9.17, 15) is 4.79 Å². The van der Waals surface area contributed by atoms with E-state index < -0.39 is 0 Å². The first-order valence-corrected chi connectivity index (χ1v) is 7.04. The van der Waals surface area contributed by atoms with Crippen LogP contribution in [0.2, 0.25) is 0 Å².